The molecule has 0 saturated heterocycles. The van der Waals surface area contributed by atoms with E-state index in [1.54, 1.807) is 0 Å². The lowest BCUT2D eigenvalue weighted by molar-refractivity contribution is 1.25. The lowest BCUT2D eigenvalue weighted by atomic mass is 10.2. The summed E-state index contributed by atoms with van der Waals surface area (Å²) in [5, 5.41) is 1.03. The first-order valence-electron chi connectivity index (χ1n) is 4.63. The summed E-state index contributed by atoms with van der Waals surface area (Å²) >= 11 is 0. The smallest absolute Gasteiger partial charge is 0.191 e. The topological polar surface area (TPSA) is 77.3 Å². The summed E-state index contributed by atoms with van der Waals surface area (Å²) in [6, 6.07) is 9.69. The molecule has 1 aromatic carbocycles. The van der Waals surface area contributed by atoms with Crippen LogP contribution in [0.25, 0.3) is 10.9 Å². The molecule has 0 unspecified atom stereocenters. The number of pyridine rings is 1. The van der Waals surface area contributed by atoms with E-state index in [4.69, 9.17) is 11.5 Å². The normalized spacial score (nSPS) is 10.2. The largest absolute Gasteiger partial charge is 0.370 e. The number of guanidine groups is 1. The minimum atomic E-state index is 0.0470. The number of aromatic nitrogens is 1. The molecule has 76 valence electrons. The average Bonchev–Trinajstić information content (AvgIpc) is 2.18. The average molecular weight is 200 g/mol. The fourth-order valence-corrected chi connectivity index (χ4v) is 1.46. The Kier molecular flexibility index (Phi) is 2.25. The van der Waals surface area contributed by atoms with Gasteiger partial charge in [0.2, 0.25) is 0 Å². The Bertz CT molecular complexity index is 527. The van der Waals surface area contributed by atoms with Crippen LogP contribution in [0.5, 0.6) is 0 Å². The monoisotopic (exact) mass is 200 g/mol. The molecule has 2 rings (SSSR count). The van der Waals surface area contributed by atoms with Crippen molar-refractivity contribution in [2.24, 2.45) is 16.5 Å². The van der Waals surface area contributed by atoms with Crippen molar-refractivity contribution in [3.05, 3.63) is 36.0 Å². The summed E-state index contributed by atoms with van der Waals surface area (Å²) in [6.45, 7) is 1.94. The maximum Gasteiger partial charge on any atom is 0.191 e. The number of aryl methyl sites for hydroxylation is 1. The number of para-hydroxylation sites is 1. The molecule has 0 atom stereocenters. The van der Waals surface area contributed by atoms with E-state index in [0.29, 0.717) is 5.69 Å². The fourth-order valence-electron chi connectivity index (χ4n) is 1.46. The SMILES string of the molecule is Cc1ccc2cccc(N=C(N)N)c2n1. The standard InChI is InChI=1S/C11H12N4/c1-7-5-6-8-3-2-4-9(10(8)14-7)15-11(12)13/h2-6H,1H3,(H4,12,13,15). The summed E-state index contributed by atoms with van der Waals surface area (Å²) in [6.07, 6.45) is 0. The van der Waals surface area contributed by atoms with Gasteiger partial charge in [-0.2, -0.15) is 0 Å². The van der Waals surface area contributed by atoms with Crippen molar-refractivity contribution in [1.82, 2.24) is 4.98 Å². The highest BCUT2D eigenvalue weighted by Gasteiger charge is 2.01. The number of hydrogen-bond donors (Lipinski definition) is 2. The number of nitrogens with zero attached hydrogens (tertiary/aromatic N) is 2. The van der Waals surface area contributed by atoms with Crippen molar-refractivity contribution >= 4 is 22.5 Å². The van der Waals surface area contributed by atoms with Gasteiger partial charge in [0.05, 0.1) is 11.2 Å². The molecule has 0 bridgehead atoms. The number of nitrogens with two attached hydrogens (primary N) is 2. The lowest BCUT2D eigenvalue weighted by Crippen LogP contribution is -2.21. The summed E-state index contributed by atoms with van der Waals surface area (Å²) in [7, 11) is 0. The van der Waals surface area contributed by atoms with Crippen molar-refractivity contribution in [3.8, 4) is 0 Å². The van der Waals surface area contributed by atoms with E-state index >= 15 is 0 Å². The Morgan fingerprint density at radius 3 is 2.73 bits per heavy atom. The molecule has 0 aliphatic rings. The molecule has 0 aliphatic carbocycles. The van der Waals surface area contributed by atoms with Gasteiger partial charge < -0.3 is 11.5 Å². The van der Waals surface area contributed by atoms with Crippen LogP contribution in [0.3, 0.4) is 0 Å². The highest BCUT2D eigenvalue weighted by atomic mass is 15.0. The highest BCUT2D eigenvalue weighted by Crippen LogP contribution is 2.23. The molecule has 15 heavy (non-hydrogen) atoms. The van der Waals surface area contributed by atoms with Crippen molar-refractivity contribution < 1.29 is 0 Å². The van der Waals surface area contributed by atoms with Crippen LogP contribution < -0.4 is 11.5 Å². The minimum Gasteiger partial charge on any atom is -0.370 e. The van der Waals surface area contributed by atoms with Gasteiger partial charge in [-0.05, 0) is 19.1 Å². The third-order valence-electron chi connectivity index (χ3n) is 2.09. The van der Waals surface area contributed by atoms with Crippen LogP contribution in [0.2, 0.25) is 0 Å². The van der Waals surface area contributed by atoms with Crippen LogP contribution in [0, 0.1) is 6.92 Å². The summed E-state index contributed by atoms with van der Waals surface area (Å²) in [5.74, 6) is 0.0470. The Hall–Kier alpha value is -2.10. The van der Waals surface area contributed by atoms with E-state index in [-0.39, 0.29) is 5.96 Å². The van der Waals surface area contributed by atoms with E-state index in [1.165, 1.54) is 0 Å². The number of hydrogen-bond acceptors (Lipinski definition) is 2. The molecule has 0 fully saturated rings. The molecule has 4 N–H and O–H groups in total. The van der Waals surface area contributed by atoms with Gasteiger partial charge in [0.25, 0.3) is 0 Å². The molecule has 2 aromatic rings. The van der Waals surface area contributed by atoms with Gasteiger partial charge in [-0.15, -0.1) is 0 Å². The Morgan fingerprint density at radius 2 is 2.00 bits per heavy atom. The van der Waals surface area contributed by atoms with Crippen LogP contribution in [-0.2, 0) is 0 Å². The first-order chi connectivity index (χ1) is 7.16. The van der Waals surface area contributed by atoms with E-state index in [1.807, 2.05) is 37.3 Å². The van der Waals surface area contributed by atoms with Crippen molar-refractivity contribution in [2.75, 3.05) is 0 Å². The van der Waals surface area contributed by atoms with Crippen LogP contribution in [0.15, 0.2) is 35.3 Å². The highest BCUT2D eigenvalue weighted by molar-refractivity contribution is 5.92. The van der Waals surface area contributed by atoms with Gasteiger partial charge in [0.1, 0.15) is 0 Å². The van der Waals surface area contributed by atoms with E-state index < -0.39 is 0 Å². The summed E-state index contributed by atoms with van der Waals surface area (Å²) < 4.78 is 0. The second kappa shape index (κ2) is 3.57. The van der Waals surface area contributed by atoms with Crippen molar-refractivity contribution in [2.45, 2.75) is 6.92 Å². The van der Waals surface area contributed by atoms with E-state index in [9.17, 15) is 0 Å². The Balaban J connectivity index is 2.74. The quantitative estimate of drug-likeness (QED) is 0.540. The third-order valence-corrected chi connectivity index (χ3v) is 2.09. The molecule has 0 saturated carbocycles. The number of fused-ring (bicyclic) bond motifs is 1. The van der Waals surface area contributed by atoms with Gasteiger partial charge in [0, 0.05) is 11.1 Å². The zero-order valence-corrected chi connectivity index (χ0v) is 8.44. The zero-order valence-electron chi connectivity index (χ0n) is 8.44. The Labute approximate surface area is 87.6 Å². The number of benzene rings is 1. The van der Waals surface area contributed by atoms with Crippen molar-refractivity contribution in [3.63, 3.8) is 0 Å². The summed E-state index contributed by atoms with van der Waals surface area (Å²) in [4.78, 5) is 8.45. The molecule has 1 heterocycles. The number of aliphatic imine (C=N–C) groups is 1. The Morgan fingerprint density at radius 1 is 1.20 bits per heavy atom. The molecule has 1 aromatic heterocycles. The van der Waals surface area contributed by atoms with Gasteiger partial charge >= 0.3 is 0 Å². The van der Waals surface area contributed by atoms with Gasteiger partial charge in [-0.25, -0.2) is 4.99 Å². The van der Waals surface area contributed by atoms with Gasteiger partial charge in [-0.3, -0.25) is 4.98 Å². The maximum atomic E-state index is 5.35. The first kappa shape index (κ1) is 9.45. The third kappa shape index (κ3) is 1.88. The predicted molar refractivity (Wildman–Crippen MR) is 61.9 cm³/mol. The van der Waals surface area contributed by atoms with Gasteiger partial charge in [0.15, 0.2) is 5.96 Å². The fraction of sp³-hybridized carbons (Fsp3) is 0.0909. The molecule has 0 radical (unpaired) electrons. The maximum absolute atomic E-state index is 5.35. The van der Waals surface area contributed by atoms with E-state index in [2.05, 4.69) is 9.98 Å². The van der Waals surface area contributed by atoms with Crippen LogP contribution >= 0.6 is 0 Å². The van der Waals surface area contributed by atoms with Crippen LogP contribution in [-0.4, -0.2) is 10.9 Å². The molecule has 0 aliphatic heterocycles. The molecule has 0 spiro atoms. The predicted octanol–water partition coefficient (Wildman–Crippen LogP) is 1.45. The zero-order chi connectivity index (χ0) is 10.8. The summed E-state index contributed by atoms with van der Waals surface area (Å²) in [5.41, 5.74) is 13.2. The second-order valence-corrected chi connectivity index (χ2v) is 3.34. The van der Waals surface area contributed by atoms with E-state index in [0.717, 1.165) is 16.6 Å². The molecule has 4 heteroatoms. The van der Waals surface area contributed by atoms with Crippen LogP contribution in [0.4, 0.5) is 5.69 Å². The van der Waals surface area contributed by atoms with Crippen LogP contribution in [0.1, 0.15) is 5.69 Å². The van der Waals surface area contributed by atoms with Crippen molar-refractivity contribution in [1.29, 1.82) is 0 Å². The molecule has 0 amide bonds. The molecular weight excluding hydrogens is 188 g/mol. The van der Waals surface area contributed by atoms with Gasteiger partial charge in [-0.1, -0.05) is 18.2 Å². The number of rotatable bonds is 1. The molecule has 4 nitrogen and oxygen atoms in total. The minimum absolute atomic E-state index is 0.0470. The first-order valence-corrected chi connectivity index (χ1v) is 4.63. The lowest BCUT2D eigenvalue weighted by Gasteiger charge is -2.02. The molecular formula is C11H12N4. The second-order valence-electron chi connectivity index (χ2n) is 3.34.